The van der Waals surface area contributed by atoms with Crippen LogP contribution in [-0.2, 0) is 0 Å². The van der Waals surface area contributed by atoms with Gasteiger partial charge < -0.3 is 14.7 Å². The van der Waals surface area contributed by atoms with E-state index in [1.54, 1.807) is 7.11 Å². The molecule has 0 aromatic heterocycles. The van der Waals surface area contributed by atoms with E-state index in [-0.39, 0.29) is 0 Å². The van der Waals surface area contributed by atoms with Crippen LogP contribution in [-0.4, -0.2) is 31.9 Å². The molecular formula is C14H21NO2. The Morgan fingerprint density at radius 1 is 1.35 bits per heavy atom. The van der Waals surface area contributed by atoms with E-state index in [9.17, 15) is 0 Å². The molecule has 94 valence electrons. The van der Waals surface area contributed by atoms with Crippen LogP contribution in [0.2, 0.25) is 0 Å². The summed E-state index contributed by atoms with van der Waals surface area (Å²) in [6.45, 7) is 2.49. The van der Waals surface area contributed by atoms with E-state index < -0.39 is 0 Å². The Bertz CT molecular complexity index is 346. The second-order valence-corrected chi connectivity index (χ2v) is 4.64. The van der Waals surface area contributed by atoms with Gasteiger partial charge in [-0.25, -0.2) is 0 Å². The molecule has 0 unspecified atom stereocenters. The Morgan fingerprint density at radius 2 is 2.12 bits per heavy atom. The van der Waals surface area contributed by atoms with Gasteiger partial charge in [-0.1, -0.05) is 6.07 Å². The number of hydrogen-bond acceptors (Lipinski definition) is 3. The lowest BCUT2D eigenvalue weighted by molar-refractivity contribution is 0.240. The molecule has 1 aliphatic rings. The summed E-state index contributed by atoms with van der Waals surface area (Å²) in [6, 6.07) is 8.23. The van der Waals surface area contributed by atoms with Gasteiger partial charge in [0.05, 0.1) is 7.11 Å². The van der Waals surface area contributed by atoms with Crippen LogP contribution in [0.25, 0.3) is 0 Å². The molecular weight excluding hydrogens is 214 g/mol. The maximum Gasteiger partial charge on any atom is 0.120 e. The lowest BCUT2D eigenvalue weighted by atomic mass is 9.93. The third-order valence-corrected chi connectivity index (χ3v) is 3.57. The second kappa shape index (κ2) is 5.92. The van der Waals surface area contributed by atoms with E-state index in [0.29, 0.717) is 12.5 Å². The summed E-state index contributed by atoms with van der Waals surface area (Å²) >= 11 is 0. The molecule has 0 saturated carbocycles. The summed E-state index contributed by atoms with van der Waals surface area (Å²) in [5, 5.41) is 8.94. The van der Waals surface area contributed by atoms with Crippen LogP contribution in [0.3, 0.4) is 0 Å². The maximum atomic E-state index is 8.94. The SMILES string of the molecule is COc1cccc(N2CCC(CCO)CC2)c1. The lowest BCUT2D eigenvalue weighted by Gasteiger charge is -2.33. The molecule has 1 saturated heterocycles. The minimum atomic E-state index is 0.323. The van der Waals surface area contributed by atoms with Gasteiger partial charge in [-0.05, 0) is 37.3 Å². The molecule has 17 heavy (non-hydrogen) atoms. The fraction of sp³-hybridized carbons (Fsp3) is 0.571. The molecule has 3 heteroatoms. The first-order valence-electron chi connectivity index (χ1n) is 6.33. The van der Waals surface area contributed by atoms with Gasteiger partial charge in [-0.15, -0.1) is 0 Å². The van der Waals surface area contributed by atoms with Gasteiger partial charge in [0, 0.05) is 31.5 Å². The molecule has 0 bridgehead atoms. The highest BCUT2D eigenvalue weighted by molar-refractivity contribution is 5.50. The van der Waals surface area contributed by atoms with Crippen molar-refractivity contribution in [3.05, 3.63) is 24.3 Å². The largest absolute Gasteiger partial charge is 0.497 e. The standard InChI is InChI=1S/C14H21NO2/c1-17-14-4-2-3-13(11-14)15-8-5-12(6-9-15)7-10-16/h2-4,11-12,16H,5-10H2,1H3. The zero-order valence-electron chi connectivity index (χ0n) is 10.4. The first-order valence-corrected chi connectivity index (χ1v) is 6.33. The van der Waals surface area contributed by atoms with Gasteiger partial charge in [-0.2, -0.15) is 0 Å². The van der Waals surface area contributed by atoms with Gasteiger partial charge in [-0.3, -0.25) is 0 Å². The van der Waals surface area contributed by atoms with Crippen molar-refractivity contribution in [3.63, 3.8) is 0 Å². The van der Waals surface area contributed by atoms with Crippen molar-refractivity contribution in [3.8, 4) is 5.75 Å². The number of hydrogen-bond donors (Lipinski definition) is 1. The molecule has 1 aromatic carbocycles. The molecule has 1 fully saturated rings. The number of rotatable bonds is 4. The highest BCUT2D eigenvalue weighted by atomic mass is 16.5. The summed E-state index contributed by atoms with van der Waals surface area (Å²) in [6.07, 6.45) is 3.31. The molecule has 1 aromatic rings. The first kappa shape index (κ1) is 12.2. The van der Waals surface area contributed by atoms with E-state index in [2.05, 4.69) is 17.0 Å². The van der Waals surface area contributed by atoms with Crippen LogP contribution in [0.1, 0.15) is 19.3 Å². The molecule has 0 radical (unpaired) electrons. The number of piperidine rings is 1. The van der Waals surface area contributed by atoms with Crippen molar-refractivity contribution >= 4 is 5.69 Å². The summed E-state index contributed by atoms with van der Waals surface area (Å²) in [5.41, 5.74) is 1.24. The highest BCUT2D eigenvalue weighted by Crippen LogP contribution is 2.27. The molecule has 3 nitrogen and oxygen atoms in total. The van der Waals surface area contributed by atoms with Crippen molar-refractivity contribution < 1.29 is 9.84 Å². The van der Waals surface area contributed by atoms with Crippen LogP contribution in [0, 0.1) is 5.92 Å². The Hall–Kier alpha value is -1.22. The van der Waals surface area contributed by atoms with E-state index in [4.69, 9.17) is 9.84 Å². The summed E-state index contributed by atoms with van der Waals surface area (Å²) in [5.74, 6) is 1.61. The fourth-order valence-electron chi connectivity index (χ4n) is 2.47. The van der Waals surface area contributed by atoms with Gasteiger partial charge in [0.1, 0.15) is 5.75 Å². The minimum absolute atomic E-state index is 0.323. The first-order chi connectivity index (χ1) is 8.33. The van der Waals surface area contributed by atoms with Crippen LogP contribution in [0.15, 0.2) is 24.3 Å². The van der Waals surface area contributed by atoms with Crippen molar-refractivity contribution in [2.24, 2.45) is 5.92 Å². The van der Waals surface area contributed by atoms with E-state index in [1.165, 1.54) is 18.5 Å². The average Bonchev–Trinajstić information content (AvgIpc) is 2.40. The lowest BCUT2D eigenvalue weighted by Crippen LogP contribution is -2.33. The van der Waals surface area contributed by atoms with E-state index in [1.807, 2.05) is 12.1 Å². The average molecular weight is 235 g/mol. The van der Waals surface area contributed by atoms with Crippen molar-refractivity contribution in [2.45, 2.75) is 19.3 Å². The Kier molecular flexibility index (Phi) is 4.26. The number of anilines is 1. The monoisotopic (exact) mass is 235 g/mol. The topological polar surface area (TPSA) is 32.7 Å². The van der Waals surface area contributed by atoms with Gasteiger partial charge in [0.25, 0.3) is 0 Å². The van der Waals surface area contributed by atoms with Gasteiger partial charge in [0.2, 0.25) is 0 Å². The van der Waals surface area contributed by atoms with Gasteiger partial charge in [0.15, 0.2) is 0 Å². The van der Waals surface area contributed by atoms with Crippen LogP contribution >= 0.6 is 0 Å². The van der Waals surface area contributed by atoms with Crippen molar-refractivity contribution in [1.29, 1.82) is 0 Å². The Morgan fingerprint density at radius 3 is 2.76 bits per heavy atom. The molecule has 0 atom stereocenters. The summed E-state index contributed by atoms with van der Waals surface area (Å²) < 4.78 is 5.25. The zero-order chi connectivity index (χ0) is 12.1. The fourth-order valence-corrected chi connectivity index (χ4v) is 2.47. The number of aliphatic hydroxyl groups is 1. The van der Waals surface area contributed by atoms with Gasteiger partial charge >= 0.3 is 0 Å². The molecule has 0 spiro atoms. The van der Waals surface area contributed by atoms with Crippen LogP contribution in [0.5, 0.6) is 5.75 Å². The smallest absolute Gasteiger partial charge is 0.120 e. The third kappa shape index (κ3) is 3.13. The predicted molar refractivity (Wildman–Crippen MR) is 69.6 cm³/mol. The normalized spacial score (nSPS) is 17.2. The van der Waals surface area contributed by atoms with E-state index >= 15 is 0 Å². The highest BCUT2D eigenvalue weighted by Gasteiger charge is 2.18. The van der Waals surface area contributed by atoms with Crippen LogP contribution < -0.4 is 9.64 Å². The number of benzene rings is 1. The summed E-state index contributed by atoms with van der Waals surface area (Å²) in [7, 11) is 1.70. The summed E-state index contributed by atoms with van der Waals surface area (Å²) in [4.78, 5) is 2.40. The zero-order valence-corrected chi connectivity index (χ0v) is 10.4. The molecule has 0 aliphatic carbocycles. The predicted octanol–water partition coefficient (Wildman–Crippen LogP) is 2.29. The molecule has 1 heterocycles. The molecule has 1 aliphatic heterocycles. The minimum Gasteiger partial charge on any atom is -0.497 e. The second-order valence-electron chi connectivity index (χ2n) is 4.64. The number of ether oxygens (including phenoxy) is 1. The Labute approximate surface area is 103 Å². The number of nitrogens with zero attached hydrogens (tertiary/aromatic N) is 1. The molecule has 2 rings (SSSR count). The van der Waals surface area contributed by atoms with Crippen LogP contribution in [0.4, 0.5) is 5.69 Å². The molecule has 1 N–H and O–H groups in total. The molecule has 0 amide bonds. The Balaban J connectivity index is 1.95. The number of methoxy groups -OCH3 is 1. The van der Waals surface area contributed by atoms with E-state index in [0.717, 1.165) is 25.3 Å². The van der Waals surface area contributed by atoms with Crippen molar-refractivity contribution in [2.75, 3.05) is 31.7 Å². The maximum absolute atomic E-state index is 8.94. The quantitative estimate of drug-likeness (QED) is 0.869. The number of aliphatic hydroxyl groups excluding tert-OH is 1. The van der Waals surface area contributed by atoms with Crippen molar-refractivity contribution in [1.82, 2.24) is 0 Å². The third-order valence-electron chi connectivity index (χ3n) is 3.57.